The molecule has 3 N–H and O–H groups in total. The number of hydrogen-bond donors (Lipinski definition) is 3. The largest absolute Gasteiger partial charge is 0.506 e. The summed E-state index contributed by atoms with van der Waals surface area (Å²) in [4.78, 5) is 12.2. The first-order chi connectivity index (χ1) is 9.20. The predicted molar refractivity (Wildman–Crippen MR) is 75.1 cm³/mol. The minimum atomic E-state index is -1.85. The van der Waals surface area contributed by atoms with Gasteiger partial charge >= 0.3 is 13.2 Å². The molecule has 7 heteroatoms. The number of benzene rings is 1. The minimum absolute atomic E-state index is 0.0595. The van der Waals surface area contributed by atoms with E-state index in [0.717, 1.165) is 4.57 Å². The van der Waals surface area contributed by atoms with Crippen LogP contribution in [0, 0.1) is 0 Å². The van der Waals surface area contributed by atoms with Crippen molar-refractivity contribution in [3.63, 3.8) is 0 Å². The molecule has 0 aliphatic heterocycles. The quantitative estimate of drug-likeness (QED) is 0.671. The van der Waals surface area contributed by atoms with Crippen LogP contribution in [0.4, 0.5) is 4.79 Å². The summed E-state index contributed by atoms with van der Waals surface area (Å²) in [7, 11) is -1.85. The van der Waals surface area contributed by atoms with Gasteiger partial charge in [0.15, 0.2) is 0 Å². The van der Waals surface area contributed by atoms with Crippen LogP contribution in [0.15, 0.2) is 24.3 Å². The number of phenolic OH excluding ortho intramolecular Hbond substituents is 1. The van der Waals surface area contributed by atoms with Crippen molar-refractivity contribution in [3.8, 4) is 5.75 Å². The molecule has 1 heterocycles. The molecule has 0 spiro atoms. The maximum atomic E-state index is 12.2. The molecule has 1 aromatic heterocycles. The Balaban J connectivity index is 2.65. The first kappa shape index (κ1) is 14.4. The molecular weight excluding hydrogens is 261 g/mol. The number of nitrogens with zero attached hydrogens (tertiary/aromatic N) is 1. The summed E-state index contributed by atoms with van der Waals surface area (Å²) in [6.07, 6.45) is -0.780. The van der Waals surface area contributed by atoms with Crippen molar-refractivity contribution < 1.29 is 24.7 Å². The van der Waals surface area contributed by atoms with Gasteiger partial charge in [-0.2, -0.15) is 0 Å². The van der Waals surface area contributed by atoms with E-state index in [1.54, 1.807) is 32.9 Å². The van der Waals surface area contributed by atoms with Crippen molar-refractivity contribution in [3.05, 3.63) is 24.3 Å². The average molecular weight is 277 g/mol. The predicted octanol–water partition coefficient (Wildman–Crippen LogP) is 0.810. The molecule has 0 aliphatic rings. The first-order valence-corrected chi connectivity index (χ1v) is 6.13. The van der Waals surface area contributed by atoms with Gasteiger partial charge in [-0.25, -0.2) is 9.36 Å². The van der Waals surface area contributed by atoms with E-state index in [0.29, 0.717) is 5.39 Å². The van der Waals surface area contributed by atoms with Gasteiger partial charge in [-0.3, -0.25) is 0 Å². The van der Waals surface area contributed by atoms with Crippen molar-refractivity contribution >= 4 is 29.7 Å². The van der Waals surface area contributed by atoms with E-state index in [4.69, 9.17) is 4.74 Å². The van der Waals surface area contributed by atoms with E-state index < -0.39 is 18.8 Å². The molecule has 0 fully saturated rings. The summed E-state index contributed by atoms with van der Waals surface area (Å²) < 4.78 is 6.20. The van der Waals surface area contributed by atoms with Gasteiger partial charge in [-0.1, -0.05) is 12.1 Å². The second-order valence-corrected chi connectivity index (χ2v) is 5.47. The number of ether oxygens (including phenoxy) is 1. The Morgan fingerprint density at radius 1 is 1.30 bits per heavy atom. The van der Waals surface area contributed by atoms with Crippen molar-refractivity contribution in [1.29, 1.82) is 0 Å². The van der Waals surface area contributed by atoms with E-state index in [1.165, 1.54) is 12.1 Å². The number of phenols is 1. The Morgan fingerprint density at radius 2 is 1.95 bits per heavy atom. The summed E-state index contributed by atoms with van der Waals surface area (Å²) >= 11 is 0. The third-order valence-electron chi connectivity index (χ3n) is 2.67. The van der Waals surface area contributed by atoms with Gasteiger partial charge in [0.05, 0.1) is 5.59 Å². The minimum Gasteiger partial charge on any atom is -0.506 e. The van der Waals surface area contributed by atoms with E-state index in [2.05, 4.69) is 0 Å². The molecule has 0 saturated heterocycles. The lowest BCUT2D eigenvalue weighted by Gasteiger charge is -2.21. The van der Waals surface area contributed by atoms with Crippen LogP contribution in [0.2, 0.25) is 0 Å². The van der Waals surface area contributed by atoms with Crippen molar-refractivity contribution in [2.75, 3.05) is 0 Å². The van der Waals surface area contributed by atoms with E-state index in [1.807, 2.05) is 0 Å². The van der Waals surface area contributed by atoms with E-state index in [-0.39, 0.29) is 16.9 Å². The monoisotopic (exact) mass is 277 g/mol. The molecule has 2 rings (SSSR count). The Morgan fingerprint density at radius 3 is 2.50 bits per heavy atom. The Hall–Kier alpha value is -1.99. The van der Waals surface area contributed by atoms with Crippen molar-refractivity contribution in [1.82, 2.24) is 4.57 Å². The lowest BCUT2D eigenvalue weighted by molar-refractivity contribution is 0.0547. The van der Waals surface area contributed by atoms with Gasteiger partial charge in [0.2, 0.25) is 0 Å². The molecule has 20 heavy (non-hydrogen) atoms. The smallest absolute Gasteiger partial charge is 0.506 e. The second-order valence-electron chi connectivity index (χ2n) is 5.47. The van der Waals surface area contributed by atoms with Crippen molar-refractivity contribution in [2.24, 2.45) is 0 Å². The van der Waals surface area contributed by atoms with Crippen LogP contribution in [0.5, 0.6) is 5.75 Å². The molecule has 0 radical (unpaired) electrons. The van der Waals surface area contributed by atoms with Gasteiger partial charge < -0.3 is 19.9 Å². The molecule has 0 amide bonds. The zero-order chi connectivity index (χ0) is 15.1. The highest BCUT2D eigenvalue weighted by Gasteiger charge is 2.28. The van der Waals surface area contributed by atoms with Crippen LogP contribution in [0.1, 0.15) is 20.8 Å². The number of aromatic nitrogens is 1. The van der Waals surface area contributed by atoms with Crippen LogP contribution in [-0.4, -0.2) is 38.5 Å². The maximum Gasteiger partial charge on any atom is 0.506 e. The van der Waals surface area contributed by atoms with Crippen LogP contribution in [-0.2, 0) is 4.74 Å². The zero-order valence-corrected chi connectivity index (χ0v) is 11.5. The Labute approximate surface area is 116 Å². The maximum absolute atomic E-state index is 12.2. The zero-order valence-electron chi connectivity index (χ0n) is 11.5. The first-order valence-electron chi connectivity index (χ1n) is 6.13. The lowest BCUT2D eigenvalue weighted by Crippen LogP contribution is -2.41. The summed E-state index contributed by atoms with van der Waals surface area (Å²) in [6, 6.07) is 6.09. The number of carbonyl (C=O) groups excluding carboxylic acids is 1. The van der Waals surface area contributed by atoms with Crippen molar-refractivity contribution in [2.45, 2.75) is 26.4 Å². The summed E-state index contributed by atoms with van der Waals surface area (Å²) in [5, 5.41) is 29.2. The van der Waals surface area contributed by atoms with Gasteiger partial charge in [-0.15, -0.1) is 0 Å². The second kappa shape index (κ2) is 4.84. The van der Waals surface area contributed by atoms with E-state index in [9.17, 15) is 19.9 Å². The fourth-order valence-electron chi connectivity index (χ4n) is 1.96. The molecule has 1 aromatic carbocycles. The third-order valence-corrected chi connectivity index (χ3v) is 2.67. The highest BCUT2D eigenvalue weighted by atomic mass is 16.6. The molecule has 106 valence electrons. The fourth-order valence-corrected chi connectivity index (χ4v) is 1.96. The normalized spacial score (nSPS) is 11.7. The average Bonchev–Trinajstić information content (AvgIpc) is 2.67. The molecule has 0 atom stereocenters. The van der Waals surface area contributed by atoms with Crippen LogP contribution >= 0.6 is 0 Å². The molecule has 0 unspecified atom stereocenters. The molecule has 2 aromatic rings. The third kappa shape index (κ3) is 2.64. The fraction of sp³-hybridized carbons (Fsp3) is 0.308. The van der Waals surface area contributed by atoms with Gasteiger partial charge in [0.25, 0.3) is 0 Å². The van der Waals surface area contributed by atoms with Crippen LogP contribution in [0.25, 0.3) is 10.9 Å². The number of carbonyl (C=O) groups is 1. The van der Waals surface area contributed by atoms with E-state index >= 15 is 0 Å². The Bertz CT molecular complexity index is 657. The van der Waals surface area contributed by atoms with Crippen LogP contribution in [0.3, 0.4) is 0 Å². The SMILES string of the molecule is CC(C)(C)OC(=O)n1c(B(O)O)cc2cccc(O)c21. The number of aromatic hydroxyl groups is 1. The van der Waals surface area contributed by atoms with Crippen LogP contribution < -0.4 is 5.59 Å². The highest BCUT2D eigenvalue weighted by molar-refractivity contribution is 6.59. The summed E-state index contributed by atoms with van der Waals surface area (Å²) in [6.45, 7) is 5.10. The van der Waals surface area contributed by atoms with Gasteiger partial charge in [-0.05, 0) is 32.9 Å². The topological polar surface area (TPSA) is 91.9 Å². The number of fused-ring (bicyclic) bond motifs is 1. The lowest BCUT2D eigenvalue weighted by atomic mass is 9.86. The molecule has 0 bridgehead atoms. The molecule has 6 nitrogen and oxygen atoms in total. The molecule has 0 saturated carbocycles. The Kier molecular flexibility index (Phi) is 3.49. The molecule has 0 aliphatic carbocycles. The summed E-state index contributed by atoms with van der Waals surface area (Å²) in [5.74, 6) is -0.139. The van der Waals surface area contributed by atoms with Gasteiger partial charge in [0, 0.05) is 5.39 Å². The number of para-hydroxylation sites is 1. The number of rotatable bonds is 1. The molecular formula is C13H16BNO5. The number of hydrogen-bond acceptors (Lipinski definition) is 5. The highest BCUT2D eigenvalue weighted by Crippen LogP contribution is 2.25. The van der Waals surface area contributed by atoms with Gasteiger partial charge in [0.1, 0.15) is 16.9 Å². The standard InChI is InChI=1S/C13H16BNO5/c1-13(2,3)20-12(17)15-10(14(18)19)7-8-5-4-6-9(16)11(8)15/h4-7,16,18-19H,1-3H3. The summed E-state index contributed by atoms with van der Waals surface area (Å²) in [5.41, 5.74) is -0.615.